The SMILES string of the molecule is [Ce+3].[Ce+3].[Cl-].[Cl-].[Cl-].[OH-].[OH-].[OH-]. The third kappa shape index (κ3) is 56.0. The zero-order chi connectivity index (χ0) is 0. The molecule has 0 aromatic rings. The second-order valence-corrected chi connectivity index (χ2v) is 0. The number of rotatable bonds is 0. The molecule has 3 N–H and O–H groups in total. The first-order chi connectivity index (χ1) is 0. The van der Waals surface area contributed by atoms with Gasteiger partial charge in [0.25, 0.3) is 0 Å². The minimum absolute atomic E-state index is 0. The van der Waals surface area contributed by atoms with Gasteiger partial charge in [0.1, 0.15) is 0 Å². The minimum atomic E-state index is 0. The van der Waals surface area contributed by atoms with Crippen LogP contribution in [0.4, 0.5) is 0 Å². The van der Waals surface area contributed by atoms with Gasteiger partial charge in [0, 0.05) is 0 Å². The van der Waals surface area contributed by atoms with Crippen molar-refractivity contribution in [3.05, 3.63) is 0 Å². The molecule has 0 aromatic heterocycles. The Morgan fingerprint density at radius 3 is 0.375 bits per heavy atom. The van der Waals surface area contributed by atoms with Crippen molar-refractivity contribution in [2.75, 3.05) is 0 Å². The molecule has 0 saturated heterocycles. The predicted molar refractivity (Wildman–Crippen MR) is 5.81 cm³/mol. The Morgan fingerprint density at radius 1 is 0.375 bits per heavy atom. The standard InChI is InChI=1S/2Ce.3ClH.3H2O/h;;3*1H;3*1H2/q2*+3;;;;;;/p-6. The van der Waals surface area contributed by atoms with Crippen LogP contribution in [0.3, 0.4) is 0 Å². The molecule has 0 aliphatic rings. The molecule has 0 aliphatic heterocycles. The Hall–Kier alpha value is 3.50. The van der Waals surface area contributed by atoms with Gasteiger partial charge in [-0.3, -0.25) is 0 Å². The van der Waals surface area contributed by atoms with Crippen molar-refractivity contribution in [2.24, 2.45) is 0 Å². The van der Waals surface area contributed by atoms with Crippen LogP contribution in [-0.4, -0.2) is 16.4 Å². The van der Waals surface area contributed by atoms with Crippen molar-refractivity contribution >= 4 is 0 Å². The summed E-state index contributed by atoms with van der Waals surface area (Å²) < 4.78 is 0. The zero-order valence-electron chi connectivity index (χ0n) is 3.48. The molecule has 0 rings (SSSR count). The second-order valence-electron chi connectivity index (χ2n) is 0. The Labute approximate surface area is 134 Å². The maximum atomic E-state index is 0. The van der Waals surface area contributed by atoms with E-state index in [1.807, 2.05) is 0 Å². The molecule has 0 saturated carbocycles. The van der Waals surface area contributed by atoms with E-state index in [1.165, 1.54) is 0 Å². The van der Waals surface area contributed by atoms with E-state index in [4.69, 9.17) is 0 Å². The van der Waals surface area contributed by atoms with E-state index in [0.29, 0.717) is 0 Å². The van der Waals surface area contributed by atoms with Gasteiger partial charge in [0.15, 0.2) is 0 Å². The fourth-order valence-electron chi connectivity index (χ4n) is 0. The maximum absolute atomic E-state index is 0. The van der Waals surface area contributed by atoms with Gasteiger partial charge in [0.05, 0.1) is 0 Å². The summed E-state index contributed by atoms with van der Waals surface area (Å²) in [7, 11) is 0. The molecule has 50 valence electrons. The molecule has 0 atom stereocenters. The van der Waals surface area contributed by atoms with Gasteiger partial charge in [-0.1, -0.05) is 0 Å². The summed E-state index contributed by atoms with van der Waals surface area (Å²) >= 11 is 0. The Balaban J connectivity index is 0. The van der Waals surface area contributed by atoms with Crippen LogP contribution in [0, 0.1) is 83.5 Å². The molecule has 0 unspecified atom stereocenters. The molecule has 0 aliphatic carbocycles. The Morgan fingerprint density at radius 2 is 0.375 bits per heavy atom. The van der Waals surface area contributed by atoms with Gasteiger partial charge in [-0.2, -0.15) is 0 Å². The molecule has 0 bridgehead atoms. The van der Waals surface area contributed by atoms with Crippen molar-refractivity contribution in [3.8, 4) is 0 Å². The van der Waals surface area contributed by atoms with Crippen LogP contribution in [0.5, 0.6) is 0 Å². The summed E-state index contributed by atoms with van der Waals surface area (Å²) in [5, 5.41) is 0. The van der Waals surface area contributed by atoms with Crippen LogP contribution < -0.4 is 37.2 Å². The Bertz CT molecular complexity index is 12.5. The molecule has 8 heteroatoms. The summed E-state index contributed by atoms with van der Waals surface area (Å²) in [6.45, 7) is 0. The van der Waals surface area contributed by atoms with Crippen LogP contribution in [0.1, 0.15) is 0 Å². The van der Waals surface area contributed by atoms with Crippen LogP contribution >= 0.6 is 0 Å². The van der Waals surface area contributed by atoms with E-state index in [0.717, 1.165) is 0 Å². The summed E-state index contributed by atoms with van der Waals surface area (Å²) in [5.74, 6) is 0. The summed E-state index contributed by atoms with van der Waals surface area (Å²) in [5.41, 5.74) is 0. The van der Waals surface area contributed by atoms with Crippen molar-refractivity contribution in [2.45, 2.75) is 0 Å². The van der Waals surface area contributed by atoms with Crippen molar-refractivity contribution in [1.29, 1.82) is 0 Å². The minimum Gasteiger partial charge on any atom is -1.00 e. The number of hydrogen-bond acceptors (Lipinski definition) is 3. The maximum Gasteiger partial charge on any atom is 3.00 e. The summed E-state index contributed by atoms with van der Waals surface area (Å²) in [6, 6.07) is 0. The third-order valence-electron chi connectivity index (χ3n) is 0. The van der Waals surface area contributed by atoms with Crippen LogP contribution in [0.25, 0.3) is 0 Å². The van der Waals surface area contributed by atoms with E-state index < -0.39 is 0 Å². The summed E-state index contributed by atoms with van der Waals surface area (Å²) in [6.07, 6.45) is 0. The molecular formula is H3Ce2Cl3O3. The van der Waals surface area contributed by atoms with Gasteiger partial charge in [0.2, 0.25) is 0 Å². The third-order valence-corrected chi connectivity index (χ3v) is 0. The number of halogens is 3. The van der Waals surface area contributed by atoms with Crippen molar-refractivity contribution in [1.82, 2.24) is 0 Å². The molecule has 0 fully saturated rings. The normalized spacial score (nSPS) is 0. The zero-order valence-corrected chi connectivity index (χ0v) is 12.0. The van der Waals surface area contributed by atoms with Crippen LogP contribution in [0.15, 0.2) is 0 Å². The largest absolute Gasteiger partial charge is 3.00 e. The van der Waals surface area contributed by atoms with E-state index in [9.17, 15) is 0 Å². The Kier molecular flexibility index (Phi) is 999. The van der Waals surface area contributed by atoms with E-state index in [2.05, 4.69) is 0 Å². The number of hydrogen-bond donors (Lipinski definition) is 0. The van der Waals surface area contributed by atoms with Gasteiger partial charge in [-0.15, -0.1) is 0 Å². The van der Waals surface area contributed by atoms with Crippen LogP contribution in [-0.2, 0) is 0 Å². The first-order valence-electron chi connectivity index (χ1n) is 0. The topological polar surface area (TPSA) is 90.0 Å². The summed E-state index contributed by atoms with van der Waals surface area (Å²) in [4.78, 5) is 0. The first-order valence-corrected chi connectivity index (χ1v) is 0. The van der Waals surface area contributed by atoms with Gasteiger partial charge in [-0.25, -0.2) is 0 Å². The van der Waals surface area contributed by atoms with E-state index in [1.54, 1.807) is 0 Å². The molecule has 3 nitrogen and oxygen atoms in total. The smallest absolute Gasteiger partial charge is 1.00 e. The molecule has 2 radical (unpaired) electrons. The van der Waals surface area contributed by atoms with Gasteiger partial charge < -0.3 is 53.6 Å². The molecule has 0 aromatic carbocycles. The first kappa shape index (κ1) is 103. The molecule has 0 spiro atoms. The fourth-order valence-corrected chi connectivity index (χ4v) is 0. The monoisotopic (exact) mass is 436 g/mol. The second kappa shape index (κ2) is 77.3. The van der Waals surface area contributed by atoms with Gasteiger partial charge in [-0.05, 0) is 0 Å². The van der Waals surface area contributed by atoms with E-state index in [-0.39, 0.29) is 137 Å². The van der Waals surface area contributed by atoms with Crippen LogP contribution in [0.2, 0.25) is 0 Å². The average Bonchev–Trinajstić information content (AvgIpc) is 0. The molecular weight excluding hydrogens is 435 g/mol. The van der Waals surface area contributed by atoms with Crippen molar-refractivity contribution < 1.29 is 137 Å². The quantitative estimate of drug-likeness (QED) is 0.377. The molecule has 0 heterocycles. The average molecular weight is 438 g/mol. The van der Waals surface area contributed by atoms with Gasteiger partial charge >= 0.3 is 83.5 Å². The predicted octanol–water partition coefficient (Wildman–Crippen LogP) is -9.52. The molecule has 0 amide bonds. The van der Waals surface area contributed by atoms with E-state index >= 15 is 0 Å². The van der Waals surface area contributed by atoms with Crippen molar-refractivity contribution in [3.63, 3.8) is 0 Å². The molecule has 8 heavy (non-hydrogen) atoms. The fraction of sp³-hybridized carbons (Fsp3) is 0.